The van der Waals surface area contributed by atoms with E-state index in [1.807, 2.05) is 42.5 Å². The average Bonchev–Trinajstić information content (AvgIpc) is 3.06. The van der Waals surface area contributed by atoms with E-state index in [2.05, 4.69) is 26.0 Å². The summed E-state index contributed by atoms with van der Waals surface area (Å²) in [5, 5.41) is 0. The number of aromatic nitrogens is 1. The van der Waals surface area contributed by atoms with E-state index in [4.69, 9.17) is 14.5 Å². The Bertz CT molecular complexity index is 1390. The molecule has 0 saturated heterocycles. The molecule has 0 fully saturated rings. The van der Waals surface area contributed by atoms with E-state index in [0.29, 0.717) is 21.0 Å². The quantitative estimate of drug-likeness (QED) is 0.578. The summed E-state index contributed by atoms with van der Waals surface area (Å²) in [4.78, 5) is 31.7. The first-order chi connectivity index (χ1) is 15.3. The Hall–Kier alpha value is -3.19. The van der Waals surface area contributed by atoms with Crippen LogP contribution in [0.25, 0.3) is 6.08 Å². The van der Waals surface area contributed by atoms with Crippen LogP contribution >= 0.6 is 11.3 Å². The summed E-state index contributed by atoms with van der Waals surface area (Å²) in [6, 6.07) is 15.1. The number of ether oxygens (including phenoxy) is 2. The van der Waals surface area contributed by atoms with Crippen LogP contribution in [0.4, 0.5) is 0 Å². The molecule has 5 rings (SSSR count). The first-order valence-electron chi connectivity index (χ1n) is 10.6. The van der Waals surface area contributed by atoms with Gasteiger partial charge < -0.3 is 9.47 Å². The summed E-state index contributed by atoms with van der Waals surface area (Å²) in [7, 11) is 1.35. The van der Waals surface area contributed by atoms with Gasteiger partial charge in [0.25, 0.3) is 5.56 Å². The van der Waals surface area contributed by atoms with Crippen LogP contribution in [0, 0.1) is 5.92 Å². The van der Waals surface area contributed by atoms with Gasteiger partial charge in [0.1, 0.15) is 11.7 Å². The zero-order chi connectivity index (χ0) is 22.6. The van der Waals surface area contributed by atoms with Crippen molar-refractivity contribution < 1.29 is 14.3 Å². The predicted molar refractivity (Wildman–Crippen MR) is 123 cm³/mol. The highest BCUT2D eigenvalue weighted by Crippen LogP contribution is 2.47. The number of hydrogen-bond acceptors (Lipinski definition) is 6. The monoisotopic (exact) mass is 448 g/mol. The topological polar surface area (TPSA) is 69.9 Å². The molecule has 2 bridgehead atoms. The maximum atomic E-state index is 13.6. The number of nitrogens with zero attached hydrogens (tertiary/aromatic N) is 2. The molecule has 3 aromatic rings. The van der Waals surface area contributed by atoms with Crippen molar-refractivity contribution in [2.75, 3.05) is 7.11 Å². The zero-order valence-electron chi connectivity index (χ0n) is 18.4. The minimum atomic E-state index is -1.15. The van der Waals surface area contributed by atoms with Gasteiger partial charge in [-0.15, -0.1) is 0 Å². The molecule has 0 saturated carbocycles. The molecular formula is C25H24N2O4S. The molecule has 6 nitrogen and oxygen atoms in total. The van der Waals surface area contributed by atoms with Crippen LogP contribution in [-0.2, 0) is 9.53 Å². The van der Waals surface area contributed by atoms with E-state index in [1.54, 1.807) is 11.5 Å². The Kier molecular flexibility index (Phi) is 4.82. The van der Waals surface area contributed by atoms with E-state index < -0.39 is 23.7 Å². The largest absolute Gasteiger partial charge is 0.469 e. The maximum absolute atomic E-state index is 13.6. The second-order valence-corrected chi connectivity index (χ2v) is 9.65. The highest BCUT2D eigenvalue weighted by molar-refractivity contribution is 7.07. The number of carbonyl (C=O) groups excluding carboxylic acids is 1. The predicted octanol–water partition coefficient (Wildman–Crippen LogP) is 2.98. The number of benzene rings is 2. The van der Waals surface area contributed by atoms with Crippen LogP contribution in [0.3, 0.4) is 0 Å². The fraction of sp³-hybridized carbons (Fsp3) is 0.320. The summed E-state index contributed by atoms with van der Waals surface area (Å²) < 4.78 is 13.5. The fourth-order valence-corrected chi connectivity index (χ4v) is 5.66. The lowest BCUT2D eigenvalue weighted by Gasteiger charge is -2.44. The Labute approximate surface area is 189 Å². The summed E-state index contributed by atoms with van der Waals surface area (Å²) in [6.07, 6.45) is 1.88. The first-order valence-corrected chi connectivity index (χ1v) is 11.4. The molecule has 2 aliphatic rings. The van der Waals surface area contributed by atoms with E-state index >= 15 is 0 Å². The summed E-state index contributed by atoms with van der Waals surface area (Å²) in [5.41, 5.74) is 1.65. The Morgan fingerprint density at radius 1 is 1.22 bits per heavy atom. The van der Waals surface area contributed by atoms with Gasteiger partial charge in [-0.1, -0.05) is 67.6 Å². The molecule has 2 aliphatic heterocycles. The number of rotatable bonds is 3. The van der Waals surface area contributed by atoms with Gasteiger partial charge in [0.2, 0.25) is 5.72 Å². The third-order valence-electron chi connectivity index (χ3n) is 6.24. The number of para-hydroxylation sites is 1. The molecule has 0 aliphatic carbocycles. The van der Waals surface area contributed by atoms with Crippen LogP contribution in [-0.4, -0.2) is 23.4 Å². The molecule has 0 N–H and O–H groups in total. The smallest absolute Gasteiger partial charge is 0.317 e. The Balaban J connectivity index is 1.72. The molecule has 0 amide bonds. The molecule has 1 aromatic heterocycles. The van der Waals surface area contributed by atoms with Crippen molar-refractivity contribution in [2.45, 2.75) is 38.5 Å². The van der Waals surface area contributed by atoms with E-state index in [0.717, 1.165) is 11.1 Å². The third-order valence-corrected chi connectivity index (χ3v) is 7.22. The van der Waals surface area contributed by atoms with Gasteiger partial charge in [0, 0.05) is 5.56 Å². The fourth-order valence-electron chi connectivity index (χ4n) is 4.56. The zero-order valence-corrected chi connectivity index (χ0v) is 19.2. The molecule has 0 unspecified atom stereocenters. The van der Waals surface area contributed by atoms with Gasteiger partial charge in [0.05, 0.1) is 17.7 Å². The molecule has 164 valence electrons. The second-order valence-electron chi connectivity index (χ2n) is 8.64. The standard InChI is InChI=1S/C25H24N2O4S/c1-14(2)16-11-9-15(10-12-16)13-19-22(28)27-21-17-7-5-6-8-18(17)31-25(3,26-24(27)32-19)20(21)23(29)30-4/h5-14,20-21H,1-4H3/b19-13+/t20-,21-,25-/m1/s1. The van der Waals surface area contributed by atoms with Crippen molar-refractivity contribution in [1.29, 1.82) is 0 Å². The lowest BCUT2D eigenvalue weighted by Crippen LogP contribution is -2.58. The van der Waals surface area contributed by atoms with Crippen LogP contribution in [0.2, 0.25) is 0 Å². The maximum Gasteiger partial charge on any atom is 0.317 e. The highest BCUT2D eigenvalue weighted by Gasteiger charge is 2.55. The molecule has 0 radical (unpaired) electrons. The van der Waals surface area contributed by atoms with Gasteiger partial charge in [0.15, 0.2) is 4.80 Å². The average molecular weight is 449 g/mol. The number of carbonyl (C=O) groups is 1. The molecule has 7 heteroatoms. The van der Waals surface area contributed by atoms with Crippen molar-refractivity contribution in [3.05, 3.63) is 84.9 Å². The SMILES string of the molecule is COC(=O)[C@H]1[C@H]2c3ccccc3O[C@@]1(C)N=c1s/c(=C/c3ccc(C(C)C)cc3)c(=O)n12. The number of thiazole rings is 1. The van der Waals surface area contributed by atoms with E-state index in [-0.39, 0.29) is 5.56 Å². The van der Waals surface area contributed by atoms with Gasteiger partial charge in [-0.2, -0.15) is 0 Å². The van der Waals surface area contributed by atoms with Gasteiger partial charge >= 0.3 is 5.97 Å². The number of hydrogen-bond donors (Lipinski definition) is 0. The summed E-state index contributed by atoms with van der Waals surface area (Å²) >= 11 is 1.31. The molecule has 2 aromatic carbocycles. The minimum Gasteiger partial charge on any atom is -0.469 e. The summed E-state index contributed by atoms with van der Waals surface area (Å²) in [5.74, 6) is -0.143. The molecule has 3 heterocycles. The van der Waals surface area contributed by atoms with Crippen molar-refractivity contribution in [3.8, 4) is 5.75 Å². The third kappa shape index (κ3) is 3.11. The highest BCUT2D eigenvalue weighted by atomic mass is 32.1. The molecule has 3 atom stereocenters. The van der Waals surface area contributed by atoms with Crippen LogP contribution < -0.4 is 19.6 Å². The lowest BCUT2D eigenvalue weighted by molar-refractivity contribution is -0.158. The normalized spacial score (nSPS) is 23.7. The number of fused-ring (bicyclic) bond motifs is 6. The molecule has 0 spiro atoms. The van der Waals surface area contributed by atoms with E-state index in [1.165, 1.54) is 24.0 Å². The Morgan fingerprint density at radius 3 is 2.62 bits per heavy atom. The van der Waals surface area contributed by atoms with Crippen molar-refractivity contribution in [3.63, 3.8) is 0 Å². The lowest BCUT2D eigenvalue weighted by atomic mass is 9.81. The minimum absolute atomic E-state index is 0.167. The van der Waals surface area contributed by atoms with Gasteiger partial charge in [-0.05, 0) is 36.1 Å². The van der Waals surface area contributed by atoms with Crippen LogP contribution in [0.5, 0.6) is 5.75 Å². The van der Waals surface area contributed by atoms with Crippen LogP contribution in [0.15, 0.2) is 58.3 Å². The van der Waals surface area contributed by atoms with Gasteiger partial charge in [-0.25, -0.2) is 4.99 Å². The van der Waals surface area contributed by atoms with Crippen molar-refractivity contribution in [1.82, 2.24) is 4.57 Å². The van der Waals surface area contributed by atoms with Crippen molar-refractivity contribution >= 4 is 23.4 Å². The molecule has 32 heavy (non-hydrogen) atoms. The van der Waals surface area contributed by atoms with E-state index in [9.17, 15) is 9.59 Å². The number of esters is 1. The number of methoxy groups -OCH3 is 1. The van der Waals surface area contributed by atoms with Gasteiger partial charge in [-0.3, -0.25) is 14.2 Å². The summed E-state index contributed by atoms with van der Waals surface area (Å²) in [6.45, 7) is 6.07. The Morgan fingerprint density at radius 2 is 1.94 bits per heavy atom. The first kappa shape index (κ1) is 20.7. The molecular weight excluding hydrogens is 424 g/mol. The second kappa shape index (κ2) is 7.45. The van der Waals surface area contributed by atoms with Crippen molar-refractivity contribution in [2.24, 2.45) is 10.9 Å². The van der Waals surface area contributed by atoms with Crippen LogP contribution in [0.1, 0.15) is 49.4 Å².